The second-order valence-electron chi connectivity index (χ2n) is 18.1. The lowest BCUT2D eigenvalue weighted by Crippen LogP contribution is -2.63. The monoisotopic (exact) mass is 762 g/mol. The average molecular weight is 763 g/mol. The minimum atomic E-state index is -0.369. The predicted octanol–water partition coefficient (Wildman–Crippen LogP) is 13.2. The van der Waals surface area contributed by atoms with Crippen molar-refractivity contribution in [3.63, 3.8) is 0 Å². The maximum Gasteiger partial charge on any atom is 0.333 e. The Bertz CT molecular complexity index is 3380. The molecule has 0 fully saturated rings. The van der Waals surface area contributed by atoms with Crippen LogP contribution >= 0.6 is 0 Å². The van der Waals surface area contributed by atoms with E-state index in [0.717, 1.165) is 0 Å². The van der Waals surface area contributed by atoms with Crippen LogP contribution in [0.4, 0.5) is 28.4 Å². The summed E-state index contributed by atoms with van der Waals surface area (Å²) in [6.45, 7) is 7.35. The van der Waals surface area contributed by atoms with Crippen molar-refractivity contribution < 1.29 is 0 Å². The summed E-state index contributed by atoms with van der Waals surface area (Å²) >= 11 is 0. The third-order valence-electron chi connectivity index (χ3n) is 14.9. The predicted molar refractivity (Wildman–Crippen MR) is 252 cm³/mol. The Morgan fingerprint density at radius 3 is 1.97 bits per heavy atom. The van der Waals surface area contributed by atoms with Crippen molar-refractivity contribution in [1.82, 2.24) is 0 Å². The zero-order valence-corrected chi connectivity index (χ0v) is 33.8. The first-order chi connectivity index (χ1) is 29.4. The molecule has 0 saturated heterocycles. The number of benzene rings is 9. The molecule has 1 aliphatic carbocycles. The van der Waals surface area contributed by atoms with Crippen molar-refractivity contribution >= 4 is 57.0 Å². The third-order valence-corrected chi connectivity index (χ3v) is 14.9. The molecule has 1 atom stereocenters. The van der Waals surface area contributed by atoms with Crippen molar-refractivity contribution in [1.29, 1.82) is 0 Å². The second kappa shape index (κ2) is 11.1. The molecule has 280 valence electrons. The van der Waals surface area contributed by atoms with Gasteiger partial charge in [-0.1, -0.05) is 172 Å². The van der Waals surface area contributed by atoms with Crippen LogP contribution in [-0.4, -0.2) is 6.85 Å². The first kappa shape index (κ1) is 32.8. The van der Waals surface area contributed by atoms with Crippen LogP contribution in [0.3, 0.4) is 0 Å². The maximum atomic E-state index is 2.79. The number of para-hydroxylation sites is 1. The molecule has 0 amide bonds. The zero-order chi connectivity index (χ0) is 39.6. The van der Waals surface area contributed by atoms with Gasteiger partial charge in [-0.05, 0) is 120 Å². The molecule has 0 saturated carbocycles. The van der Waals surface area contributed by atoms with Crippen molar-refractivity contribution in [2.75, 3.05) is 9.71 Å². The van der Waals surface area contributed by atoms with E-state index in [0.29, 0.717) is 0 Å². The van der Waals surface area contributed by atoms with Gasteiger partial charge in [-0.25, -0.2) is 0 Å². The Hall–Kier alpha value is -7.10. The topological polar surface area (TPSA) is 6.48 Å². The highest BCUT2D eigenvalue weighted by molar-refractivity contribution is 6.94. The Morgan fingerprint density at radius 1 is 0.417 bits per heavy atom. The van der Waals surface area contributed by atoms with Crippen molar-refractivity contribution in [2.24, 2.45) is 0 Å². The van der Waals surface area contributed by atoms with E-state index in [1.54, 1.807) is 0 Å². The van der Waals surface area contributed by atoms with E-state index in [-0.39, 0.29) is 17.7 Å². The molecule has 9 aromatic carbocycles. The number of fused-ring (bicyclic) bond motifs is 13. The zero-order valence-electron chi connectivity index (χ0n) is 33.8. The van der Waals surface area contributed by atoms with E-state index in [9.17, 15) is 0 Å². The first-order valence-electron chi connectivity index (χ1n) is 21.4. The Balaban J connectivity index is 1.18. The van der Waals surface area contributed by atoms with Crippen LogP contribution in [0.1, 0.15) is 48.6 Å². The fraction of sp³-hybridized carbons (Fsp3) is 0.0877. The van der Waals surface area contributed by atoms with Crippen molar-refractivity contribution in [2.45, 2.75) is 31.6 Å². The second-order valence-corrected chi connectivity index (χ2v) is 18.1. The number of anilines is 5. The standard InChI is InChI=1S/C57H39BN2/c1-56(2)45-25-15-26-46-55(45)59(47-31-28-36-20-10-11-21-38(36)50(47)56)49-33-37(34-16-6-4-7-17-34)32-43-42-30-29-39(35-18-8-5-9-19-35)52-54(42)60(58(46)53(43)49)48-27-14-23-41-40-22-12-13-24-44(40)57(52,3)51(41)48/h4-33H,1-3H3. The summed E-state index contributed by atoms with van der Waals surface area (Å²) in [6, 6.07) is 69.2. The Labute approximate surface area is 351 Å². The van der Waals surface area contributed by atoms with Gasteiger partial charge in [0.1, 0.15) is 0 Å². The van der Waals surface area contributed by atoms with Gasteiger partial charge in [-0.2, -0.15) is 0 Å². The van der Waals surface area contributed by atoms with Gasteiger partial charge in [0.15, 0.2) is 0 Å². The van der Waals surface area contributed by atoms with E-state index in [1.807, 2.05) is 0 Å². The molecule has 1 unspecified atom stereocenters. The van der Waals surface area contributed by atoms with Gasteiger partial charge in [0.2, 0.25) is 0 Å². The van der Waals surface area contributed by atoms with Crippen LogP contribution in [0.15, 0.2) is 182 Å². The molecular weight excluding hydrogens is 723 g/mol. The largest absolute Gasteiger partial charge is 0.376 e. The van der Waals surface area contributed by atoms with Crippen molar-refractivity contribution in [3.8, 4) is 44.5 Å². The van der Waals surface area contributed by atoms with Gasteiger partial charge >= 0.3 is 6.85 Å². The number of hydrogen-bond donors (Lipinski definition) is 0. The maximum absolute atomic E-state index is 2.79. The van der Waals surface area contributed by atoms with Crippen LogP contribution in [0.25, 0.3) is 55.3 Å². The van der Waals surface area contributed by atoms with Crippen LogP contribution < -0.4 is 20.6 Å². The van der Waals surface area contributed by atoms with E-state index >= 15 is 0 Å². The van der Waals surface area contributed by atoms with Gasteiger partial charge in [-0.15, -0.1) is 0 Å². The van der Waals surface area contributed by atoms with E-state index < -0.39 is 0 Å². The summed E-state index contributed by atoms with van der Waals surface area (Å²) in [6.07, 6.45) is 0. The Kier molecular flexibility index (Phi) is 6.09. The van der Waals surface area contributed by atoms with Gasteiger partial charge in [0.25, 0.3) is 0 Å². The first-order valence-corrected chi connectivity index (χ1v) is 21.4. The van der Waals surface area contributed by atoms with E-state index in [4.69, 9.17) is 0 Å². The molecule has 0 N–H and O–H groups in total. The molecule has 3 heteroatoms. The molecule has 0 bridgehead atoms. The van der Waals surface area contributed by atoms with E-state index in [2.05, 4.69) is 212 Å². The van der Waals surface area contributed by atoms with E-state index in [1.165, 1.54) is 122 Å². The molecule has 4 aliphatic heterocycles. The van der Waals surface area contributed by atoms with Gasteiger partial charge in [-0.3, -0.25) is 0 Å². The summed E-state index contributed by atoms with van der Waals surface area (Å²) in [5.74, 6) is 0. The van der Waals surface area contributed by atoms with Gasteiger partial charge < -0.3 is 9.71 Å². The SMILES string of the molecule is CC1(C)c2cccc3c2N(c2cc(-c4ccccc4)cc4c2B3N2c3cccc5c3C(C)(c3ccccc3-5)c3c(-c5ccccc5)ccc-4c32)c2ccc3ccccc3c21. The number of rotatable bonds is 2. The molecular formula is C57H39BN2. The normalized spacial score (nSPS) is 17.4. The minimum absolute atomic E-state index is 0.0548. The van der Waals surface area contributed by atoms with Crippen LogP contribution in [0.5, 0.6) is 0 Å². The summed E-state index contributed by atoms with van der Waals surface area (Å²) in [4.78, 5) is 5.44. The highest BCUT2D eigenvalue weighted by atomic mass is 15.2. The van der Waals surface area contributed by atoms with Gasteiger partial charge in [0, 0.05) is 39.1 Å². The van der Waals surface area contributed by atoms with Crippen LogP contribution in [0, 0.1) is 0 Å². The molecule has 60 heavy (non-hydrogen) atoms. The summed E-state index contributed by atoms with van der Waals surface area (Å²) in [5, 5.41) is 2.61. The minimum Gasteiger partial charge on any atom is -0.376 e. The molecule has 2 nitrogen and oxygen atoms in total. The molecule has 14 rings (SSSR count). The highest BCUT2D eigenvalue weighted by Crippen LogP contribution is 2.66. The van der Waals surface area contributed by atoms with Crippen molar-refractivity contribution in [3.05, 3.63) is 210 Å². The number of nitrogens with zero attached hydrogens (tertiary/aromatic N) is 2. The highest BCUT2D eigenvalue weighted by Gasteiger charge is 2.56. The lowest BCUT2D eigenvalue weighted by atomic mass is 9.41. The smallest absolute Gasteiger partial charge is 0.333 e. The average Bonchev–Trinajstić information content (AvgIpc) is 3.57. The fourth-order valence-corrected chi connectivity index (χ4v) is 12.5. The quantitative estimate of drug-likeness (QED) is 0.162. The fourth-order valence-electron chi connectivity index (χ4n) is 12.5. The van der Waals surface area contributed by atoms with Gasteiger partial charge in [0.05, 0.1) is 5.69 Å². The summed E-state index contributed by atoms with van der Waals surface area (Å²) in [7, 11) is 0. The summed E-state index contributed by atoms with van der Waals surface area (Å²) < 4.78 is 0. The molecule has 0 radical (unpaired) electrons. The lowest BCUT2D eigenvalue weighted by molar-refractivity contribution is 0.638. The Morgan fingerprint density at radius 2 is 1.12 bits per heavy atom. The van der Waals surface area contributed by atoms with Crippen LogP contribution in [0.2, 0.25) is 0 Å². The lowest BCUT2D eigenvalue weighted by Gasteiger charge is -2.54. The molecule has 9 aromatic rings. The molecule has 4 heterocycles. The molecule has 5 aliphatic rings. The third kappa shape index (κ3) is 3.79. The summed E-state index contributed by atoms with van der Waals surface area (Å²) in [5.41, 5.74) is 25.9. The molecule has 0 aromatic heterocycles. The van der Waals surface area contributed by atoms with Crippen LogP contribution in [-0.2, 0) is 10.8 Å². The molecule has 0 spiro atoms. The number of hydrogen-bond acceptors (Lipinski definition) is 2.